The van der Waals surface area contributed by atoms with E-state index in [-0.39, 0.29) is 5.41 Å². The first-order chi connectivity index (χ1) is 6.54. The van der Waals surface area contributed by atoms with Gasteiger partial charge in [0.2, 0.25) is 0 Å². The lowest BCUT2D eigenvalue weighted by atomic mass is 9.93. The topological polar surface area (TPSA) is 24.9 Å². The monoisotopic (exact) mass is 212 g/mol. The van der Waals surface area contributed by atoms with E-state index in [4.69, 9.17) is 0 Å². The molecule has 80 valence electrons. The van der Waals surface area contributed by atoms with Crippen LogP contribution in [-0.4, -0.2) is 11.5 Å². The van der Waals surface area contributed by atoms with Crippen molar-refractivity contribution in [3.63, 3.8) is 0 Å². The molecule has 0 aliphatic rings. The lowest BCUT2D eigenvalue weighted by molar-refractivity contribution is 0.573. The molecule has 0 bridgehead atoms. The zero-order valence-electron chi connectivity index (χ0n) is 9.55. The van der Waals surface area contributed by atoms with E-state index in [0.29, 0.717) is 0 Å². The molecule has 0 unspecified atom stereocenters. The number of hydrogen-bond acceptors (Lipinski definition) is 3. The smallest absolute Gasteiger partial charge is 0.182 e. The number of hydrogen-bond donors (Lipinski definition) is 1. The summed E-state index contributed by atoms with van der Waals surface area (Å²) in [5.74, 6) is 0. The largest absolute Gasteiger partial charge is 0.362 e. The molecule has 0 aliphatic heterocycles. The van der Waals surface area contributed by atoms with Gasteiger partial charge in [-0.15, -0.1) is 11.3 Å². The maximum Gasteiger partial charge on any atom is 0.182 e. The van der Waals surface area contributed by atoms with Gasteiger partial charge in [-0.25, -0.2) is 4.98 Å². The van der Waals surface area contributed by atoms with E-state index in [1.807, 2.05) is 0 Å². The van der Waals surface area contributed by atoms with Crippen molar-refractivity contribution in [1.29, 1.82) is 0 Å². The van der Waals surface area contributed by atoms with Crippen LogP contribution < -0.4 is 5.32 Å². The Morgan fingerprint density at radius 2 is 2.14 bits per heavy atom. The fourth-order valence-corrected chi connectivity index (χ4v) is 2.04. The highest BCUT2D eigenvalue weighted by molar-refractivity contribution is 7.13. The molecule has 1 N–H and O–H groups in total. The number of nitrogens with zero attached hydrogens (tertiary/aromatic N) is 1. The van der Waals surface area contributed by atoms with Gasteiger partial charge in [0.1, 0.15) is 0 Å². The molecule has 0 radical (unpaired) electrons. The van der Waals surface area contributed by atoms with Gasteiger partial charge in [0.15, 0.2) is 5.13 Å². The van der Waals surface area contributed by atoms with Crippen LogP contribution in [0.4, 0.5) is 5.13 Å². The molecular weight excluding hydrogens is 192 g/mol. The molecular formula is C11H20N2S. The van der Waals surface area contributed by atoms with Gasteiger partial charge in [0, 0.05) is 17.3 Å². The van der Waals surface area contributed by atoms with E-state index in [2.05, 4.69) is 43.4 Å². The van der Waals surface area contributed by atoms with Gasteiger partial charge in [-0.1, -0.05) is 34.1 Å². The summed E-state index contributed by atoms with van der Waals surface area (Å²) in [7, 11) is 0. The molecule has 0 saturated heterocycles. The average molecular weight is 212 g/mol. The summed E-state index contributed by atoms with van der Waals surface area (Å²) < 4.78 is 0. The first kappa shape index (κ1) is 11.5. The van der Waals surface area contributed by atoms with Crippen molar-refractivity contribution < 1.29 is 0 Å². The van der Waals surface area contributed by atoms with Crippen molar-refractivity contribution in [3.8, 4) is 0 Å². The zero-order valence-corrected chi connectivity index (χ0v) is 10.4. The zero-order chi connectivity index (χ0) is 10.6. The van der Waals surface area contributed by atoms with Crippen molar-refractivity contribution in [2.45, 2.75) is 46.0 Å². The van der Waals surface area contributed by atoms with Crippen molar-refractivity contribution in [1.82, 2.24) is 4.98 Å². The molecule has 0 aromatic carbocycles. The highest BCUT2D eigenvalue weighted by atomic mass is 32.1. The van der Waals surface area contributed by atoms with Crippen molar-refractivity contribution in [2.75, 3.05) is 11.9 Å². The molecule has 1 aromatic rings. The van der Waals surface area contributed by atoms with Crippen LogP contribution in [0.15, 0.2) is 5.38 Å². The maximum atomic E-state index is 4.56. The van der Waals surface area contributed by atoms with E-state index >= 15 is 0 Å². The predicted molar refractivity (Wildman–Crippen MR) is 64.2 cm³/mol. The molecule has 3 heteroatoms. The van der Waals surface area contributed by atoms with Crippen LogP contribution in [-0.2, 0) is 5.41 Å². The third-order valence-electron chi connectivity index (χ3n) is 2.08. The normalized spacial score (nSPS) is 11.7. The molecule has 0 atom stereocenters. The number of unbranched alkanes of at least 4 members (excludes halogenated alkanes) is 1. The van der Waals surface area contributed by atoms with Gasteiger partial charge in [0.25, 0.3) is 0 Å². The second-order valence-corrected chi connectivity index (χ2v) is 5.43. The fraction of sp³-hybridized carbons (Fsp3) is 0.727. The average Bonchev–Trinajstić information content (AvgIpc) is 2.52. The molecule has 0 aliphatic carbocycles. The number of aromatic nitrogens is 1. The van der Waals surface area contributed by atoms with Crippen LogP contribution in [0.25, 0.3) is 0 Å². The SMILES string of the molecule is CCCCNc1nc(C(C)(C)C)cs1. The quantitative estimate of drug-likeness (QED) is 0.771. The third-order valence-corrected chi connectivity index (χ3v) is 2.88. The molecule has 1 heterocycles. The summed E-state index contributed by atoms with van der Waals surface area (Å²) >= 11 is 1.70. The summed E-state index contributed by atoms with van der Waals surface area (Å²) in [5, 5.41) is 6.55. The molecule has 2 nitrogen and oxygen atoms in total. The Morgan fingerprint density at radius 3 is 2.64 bits per heavy atom. The highest BCUT2D eigenvalue weighted by Gasteiger charge is 2.16. The minimum absolute atomic E-state index is 0.168. The van der Waals surface area contributed by atoms with Crippen LogP contribution >= 0.6 is 11.3 Å². The molecule has 0 amide bonds. The number of nitrogens with one attached hydrogen (secondary N) is 1. The fourth-order valence-electron chi connectivity index (χ4n) is 1.07. The first-order valence-corrected chi connectivity index (χ1v) is 6.12. The molecule has 0 spiro atoms. The Bertz CT molecular complexity index is 273. The first-order valence-electron chi connectivity index (χ1n) is 5.24. The Labute approximate surface area is 90.8 Å². The van der Waals surface area contributed by atoms with E-state index in [0.717, 1.165) is 11.7 Å². The van der Waals surface area contributed by atoms with Gasteiger partial charge >= 0.3 is 0 Å². The number of thiazole rings is 1. The maximum absolute atomic E-state index is 4.56. The molecule has 0 fully saturated rings. The van der Waals surface area contributed by atoms with Gasteiger partial charge in [0.05, 0.1) is 5.69 Å². The van der Waals surface area contributed by atoms with Crippen LogP contribution in [0.1, 0.15) is 46.2 Å². The van der Waals surface area contributed by atoms with Gasteiger partial charge in [-0.2, -0.15) is 0 Å². The van der Waals surface area contributed by atoms with Crippen LogP contribution in [0.2, 0.25) is 0 Å². The van der Waals surface area contributed by atoms with E-state index in [9.17, 15) is 0 Å². The standard InChI is InChI=1S/C11H20N2S/c1-5-6-7-12-10-13-9(8-14-10)11(2,3)4/h8H,5-7H2,1-4H3,(H,12,13). The third kappa shape index (κ3) is 3.29. The second-order valence-electron chi connectivity index (χ2n) is 4.57. The number of anilines is 1. The minimum Gasteiger partial charge on any atom is -0.362 e. The van der Waals surface area contributed by atoms with Gasteiger partial charge < -0.3 is 5.32 Å². The molecule has 1 aromatic heterocycles. The van der Waals surface area contributed by atoms with E-state index in [1.165, 1.54) is 18.5 Å². The summed E-state index contributed by atoms with van der Waals surface area (Å²) in [4.78, 5) is 4.56. The number of rotatable bonds is 4. The lowest BCUT2D eigenvalue weighted by Crippen LogP contribution is -2.11. The Morgan fingerprint density at radius 1 is 1.43 bits per heavy atom. The van der Waals surface area contributed by atoms with Crippen LogP contribution in [0, 0.1) is 0 Å². The van der Waals surface area contributed by atoms with E-state index < -0.39 is 0 Å². The van der Waals surface area contributed by atoms with Crippen LogP contribution in [0.5, 0.6) is 0 Å². The Balaban J connectivity index is 2.51. The van der Waals surface area contributed by atoms with Gasteiger partial charge in [-0.3, -0.25) is 0 Å². The lowest BCUT2D eigenvalue weighted by Gasteiger charge is -2.14. The van der Waals surface area contributed by atoms with Crippen LogP contribution in [0.3, 0.4) is 0 Å². The van der Waals surface area contributed by atoms with E-state index in [1.54, 1.807) is 11.3 Å². The highest BCUT2D eigenvalue weighted by Crippen LogP contribution is 2.26. The van der Waals surface area contributed by atoms with Crippen molar-refractivity contribution in [2.24, 2.45) is 0 Å². The van der Waals surface area contributed by atoms with Crippen molar-refractivity contribution in [3.05, 3.63) is 11.1 Å². The molecule has 14 heavy (non-hydrogen) atoms. The summed E-state index contributed by atoms with van der Waals surface area (Å²) in [6.07, 6.45) is 2.44. The molecule has 0 saturated carbocycles. The minimum atomic E-state index is 0.168. The predicted octanol–water partition coefficient (Wildman–Crippen LogP) is 3.65. The summed E-state index contributed by atoms with van der Waals surface area (Å²) in [6.45, 7) is 9.81. The Kier molecular flexibility index (Phi) is 3.93. The van der Waals surface area contributed by atoms with Crippen molar-refractivity contribution >= 4 is 16.5 Å². The summed E-state index contributed by atoms with van der Waals surface area (Å²) in [6, 6.07) is 0. The van der Waals surface area contributed by atoms with Gasteiger partial charge in [-0.05, 0) is 6.42 Å². The molecule has 1 rings (SSSR count). The Hall–Kier alpha value is -0.570. The second kappa shape index (κ2) is 4.78. The summed E-state index contributed by atoms with van der Waals surface area (Å²) in [5.41, 5.74) is 1.35.